The van der Waals surface area contributed by atoms with Gasteiger partial charge < -0.3 is 15.9 Å². The van der Waals surface area contributed by atoms with Gasteiger partial charge in [-0.15, -0.1) is 11.8 Å². The summed E-state index contributed by atoms with van der Waals surface area (Å²) in [6.07, 6.45) is 2.57. The lowest BCUT2D eigenvalue weighted by Gasteiger charge is -2.18. The van der Waals surface area contributed by atoms with Crippen LogP contribution in [0.2, 0.25) is 0 Å². The van der Waals surface area contributed by atoms with Crippen molar-refractivity contribution in [2.75, 3.05) is 11.5 Å². The molecule has 1 fully saturated rings. The number of rotatable bonds is 3. The number of nitrogens with two attached hydrogens (primary N) is 1. The van der Waals surface area contributed by atoms with Crippen LogP contribution in [-0.2, 0) is 0 Å². The summed E-state index contributed by atoms with van der Waals surface area (Å²) in [5.41, 5.74) is 6.89. The SMILES string of the molecule is CCCCC#Cc1nc2c(N)ncnc2n1[C@@H]1SC[C@H](O)[C@@H]1O. The second kappa shape index (κ2) is 6.74. The Hall–Kier alpha value is -1.82. The van der Waals surface area contributed by atoms with Gasteiger partial charge in [-0.3, -0.25) is 4.57 Å². The Balaban J connectivity index is 2.08. The summed E-state index contributed by atoms with van der Waals surface area (Å²) >= 11 is 1.45. The molecule has 0 aliphatic carbocycles. The molecule has 1 saturated heterocycles. The van der Waals surface area contributed by atoms with Crippen molar-refractivity contribution in [2.24, 2.45) is 0 Å². The van der Waals surface area contributed by atoms with Crippen molar-refractivity contribution in [1.29, 1.82) is 0 Å². The Bertz CT molecular complexity index is 766. The normalized spacial score (nSPS) is 23.9. The van der Waals surface area contributed by atoms with E-state index < -0.39 is 12.2 Å². The Morgan fingerprint density at radius 1 is 1.43 bits per heavy atom. The van der Waals surface area contributed by atoms with Crippen molar-refractivity contribution in [3.05, 3.63) is 12.2 Å². The molecule has 2 aromatic heterocycles. The fourth-order valence-corrected chi connectivity index (χ4v) is 3.79. The fourth-order valence-electron chi connectivity index (χ4n) is 2.47. The summed E-state index contributed by atoms with van der Waals surface area (Å²) in [7, 11) is 0. The van der Waals surface area contributed by atoms with E-state index in [4.69, 9.17) is 5.73 Å². The average molecular weight is 333 g/mol. The van der Waals surface area contributed by atoms with Gasteiger partial charge in [-0.2, -0.15) is 0 Å². The molecule has 1 aliphatic heterocycles. The minimum atomic E-state index is -0.898. The largest absolute Gasteiger partial charge is 0.389 e. The number of thioether (sulfide) groups is 1. The zero-order valence-electron chi connectivity index (χ0n) is 12.8. The van der Waals surface area contributed by atoms with Gasteiger partial charge in [-0.25, -0.2) is 15.0 Å². The molecule has 0 amide bonds. The number of aromatic nitrogens is 4. The number of fused-ring (bicyclic) bond motifs is 1. The van der Waals surface area contributed by atoms with E-state index in [0.717, 1.165) is 19.3 Å². The molecule has 4 N–H and O–H groups in total. The lowest BCUT2D eigenvalue weighted by atomic mass is 10.2. The minimum absolute atomic E-state index is 0.281. The van der Waals surface area contributed by atoms with E-state index in [-0.39, 0.29) is 11.2 Å². The number of anilines is 1. The zero-order valence-corrected chi connectivity index (χ0v) is 13.6. The number of imidazole rings is 1. The molecule has 0 bridgehead atoms. The number of aliphatic hydroxyl groups excluding tert-OH is 2. The highest BCUT2D eigenvalue weighted by atomic mass is 32.2. The van der Waals surface area contributed by atoms with Crippen molar-refractivity contribution in [3.8, 4) is 11.8 Å². The number of unbranched alkanes of at least 4 members (excludes halogenated alkanes) is 2. The molecule has 7 nitrogen and oxygen atoms in total. The van der Waals surface area contributed by atoms with Crippen LogP contribution in [0, 0.1) is 11.8 Å². The predicted octanol–water partition coefficient (Wildman–Crippen LogP) is 0.917. The maximum Gasteiger partial charge on any atom is 0.188 e. The monoisotopic (exact) mass is 333 g/mol. The first-order chi connectivity index (χ1) is 11.1. The molecule has 1 aliphatic rings. The molecule has 8 heteroatoms. The van der Waals surface area contributed by atoms with Crippen LogP contribution in [0.15, 0.2) is 6.33 Å². The molecule has 3 atom stereocenters. The summed E-state index contributed by atoms with van der Waals surface area (Å²) < 4.78 is 1.76. The number of nitrogen functional groups attached to an aromatic ring is 1. The summed E-state index contributed by atoms with van der Waals surface area (Å²) in [6, 6.07) is 0. The lowest BCUT2D eigenvalue weighted by molar-refractivity contribution is 0.0312. The van der Waals surface area contributed by atoms with Crippen LogP contribution in [0.4, 0.5) is 5.82 Å². The fraction of sp³-hybridized carbons (Fsp3) is 0.533. The molecule has 3 heterocycles. The minimum Gasteiger partial charge on any atom is -0.389 e. The van der Waals surface area contributed by atoms with Crippen molar-refractivity contribution >= 4 is 28.7 Å². The molecule has 0 saturated carbocycles. The number of hydrogen-bond acceptors (Lipinski definition) is 7. The smallest absolute Gasteiger partial charge is 0.188 e. The number of aliphatic hydroxyl groups is 2. The summed E-state index contributed by atoms with van der Waals surface area (Å²) in [5, 5.41) is 19.7. The molecular formula is C15H19N5O2S. The molecule has 3 rings (SSSR count). The molecule has 0 spiro atoms. The van der Waals surface area contributed by atoms with Gasteiger partial charge in [-0.1, -0.05) is 19.3 Å². The summed E-state index contributed by atoms with van der Waals surface area (Å²) in [5.74, 6) is 7.38. The zero-order chi connectivity index (χ0) is 16.4. The van der Waals surface area contributed by atoms with Crippen LogP contribution >= 0.6 is 11.8 Å². The Labute approximate surface area is 138 Å². The molecule has 0 radical (unpaired) electrons. The van der Waals surface area contributed by atoms with Crippen LogP contribution in [0.3, 0.4) is 0 Å². The lowest BCUT2D eigenvalue weighted by Crippen LogP contribution is -2.28. The van der Waals surface area contributed by atoms with Crippen molar-refractivity contribution < 1.29 is 10.2 Å². The van der Waals surface area contributed by atoms with Crippen LogP contribution in [0.25, 0.3) is 11.2 Å². The number of nitrogens with zero attached hydrogens (tertiary/aromatic N) is 4. The van der Waals surface area contributed by atoms with Crippen LogP contribution < -0.4 is 5.73 Å². The highest BCUT2D eigenvalue weighted by Crippen LogP contribution is 2.39. The second-order valence-corrected chi connectivity index (χ2v) is 6.57. The first-order valence-electron chi connectivity index (χ1n) is 7.58. The standard InChI is InChI=1S/C15H19N5O2S/c1-2-3-4-5-6-10-19-11-13(16)17-8-18-14(11)20(10)15-12(22)9(21)7-23-15/h8-9,12,15,21-22H,2-4,7H2,1H3,(H2,16,17,18)/t9-,12-,15+/m0/s1. The third-order valence-corrected chi connectivity index (χ3v) is 5.10. The third-order valence-electron chi connectivity index (χ3n) is 3.74. The molecule has 0 unspecified atom stereocenters. The quantitative estimate of drug-likeness (QED) is 0.566. The van der Waals surface area contributed by atoms with Gasteiger partial charge in [0, 0.05) is 12.2 Å². The van der Waals surface area contributed by atoms with Crippen LogP contribution in [0.5, 0.6) is 0 Å². The van der Waals surface area contributed by atoms with E-state index in [0.29, 0.717) is 22.7 Å². The van der Waals surface area contributed by atoms with E-state index in [1.807, 2.05) is 0 Å². The maximum absolute atomic E-state index is 10.2. The molecule has 2 aromatic rings. The van der Waals surface area contributed by atoms with Crippen LogP contribution in [-0.4, -0.2) is 47.7 Å². The highest BCUT2D eigenvalue weighted by Gasteiger charge is 2.37. The van der Waals surface area contributed by atoms with Gasteiger partial charge in [0.25, 0.3) is 0 Å². The van der Waals surface area contributed by atoms with Gasteiger partial charge in [0.2, 0.25) is 0 Å². The molecule has 0 aromatic carbocycles. The van der Waals surface area contributed by atoms with Gasteiger partial charge in [0.05, 0.1) is 6.10 Å². The van der Waals surface area contributed by atoms with E-state index in [9.17, 15) is 10.2 Å². The van der Waals surface area contributed by atoms with Gasteiger partial charge in [0.1, 0.15) is 17.8 Å². The average Bonchev–Trinajstić information content (AvgIpc) is 3.06. The van der Waals surface area contributed by atoms with Crippen molar-refractivity contribution in [1.82, 2.24) is 19.5 Å². The molecule has 122 valence electrons. The van der Waals surface area contributed by atoms with E-state index in [1.54, 1.807) is 4.57 Å². The Kier molecular flexibility index (Phi) is 4.71. The Morgan fingerprint density at radius 3 is 2.96 bits per heavy atom. The highest BCUT2D eigenvalue weighted by molar-refractivity contribution is 7.99. The third kappa shape index (κ3) is 3.00. The van der Waals surface area contributed by atoms with E-state index >= 15 is 0 Å². The Morgan fingerprint density at radius 2 is 2.26 bits per heavy atom. The summed E-state index contributed by atoms with van der Waals surface area (Å²) in [4.78, 5) is 12.6. The second-order valence-electron chi connectivity index (χ2n) is 5.42. The first kappa shape index (κ1) is 16.1. The molecular weight excluding hydrogens is 314 g/mol. The summed E-state index contributed by atoms with van der Waals surface area (Å²) in [6.45, 7) is 2.11. The van der Waals surface area contributed by atoms with Crippen LogP contribution in [0.1, 0.15) is 37.4 Å². The molecule has 23 heavy (non-hydrogen) atoms. The predicted molar refractivity (Wildman–Crippen MR) is 89.6 cm³/mol. The van der Waals surface area contributed by atoms with E-state index in [1.165, 1.54) is 18.1 Å². The maximum atomic E-state index is 10.2. The van der Waals surface area contributed by atoms with Crippen molar-refractivity contribution in [2.45, 2.75) is 43.8 Å². The number of hydrogen-bond donors (Lipinski definition) is 3. The van der Waals surface area contributed by atoms with Gasteiger partial charge in [0.15, 0.2) is 22.8 Å². The van der Waals surface area contributed by atoms with Gasteiger partial charge in [-0.05, 0) is 12.3 Å². The van der Waals surface area contributed by atoms with Crippen molar-refractivity contribution in [3.63, 3.8) is 0 Å². The first-order valence-corrected chi connectivity index (χ1v) is 8.63. The topological polar surface area (TPSA) is 110 Å². The van der Waals surface area contributed by atoms with Gasteiger partial charge >= 0.3 is 0 Å². The van der Waals surface area contributed by atoms with E-state index in [2.05, 4.69) is 33.7 Å².